The molecule has 2 rings (SSSR count). The van der Waals surface area contributed by atoms with Gasteiger partial charge in [-0.05, 0) is 49.8 Å². The topological polar surface area (TPSA) is 41.6 Å². The molecule has 1 atom stereocenters. The maximum atomic E-state index is 12.5. The summed E-state index contributed by atoms with van der Waals surface area (Å²) >= 11 is 0. The largest absolute Gasteiger partial charge is 0.416 e. The van der Waals surface area contributed by atoms with E-state index in [1.54, 1.807) is 7.05 Å². The van der Waals surface area contributed by atoms with E-state index >= 15 is 0 Å². The maximum Gasteiger partial charge on any atom is 0.416 e. The quantitative estimate of drug-likeness (QED) is 0.743. The van der Waals surface area contributed by atoms with Crippen LogP contribution >= 0.6 is 0 Å². The Morgan fingerprint density at radius 2 is 2.00 bits per heavy atom. The number of ether oxygens (including phenoxy) is 1. The van der Waals surface area contributed by atoms with E-state index in [9.17, 15) is 18.0 Å². The van der Waals surface area contributed by atoms with Crippen molar-refractivity contribution in [2.45, 2.75) is 50.9 Å². The van der Waals surface area contributed by atoms with Crippen molar-refractivity contribution in [3.8, 4) is 0 Å². The minimum absolute atomic E-state index is 0.225. The van der Waals surface area contributed by atoms with Crippen molar-refractivity contribution in [3.63, 3.8) is 0 Å². The molecule has 2 amide bonds. The van der Waals surface area contributed by atoms with Crippen molar-refractivity contribution < 1.29 is 22.7 Å². The van der Waals surface area contributed by atoms with Crippen molar-refractivity contribution in [1.82, 2.24) is 10.2 Å². The lowest BCUT2D eigenvalue weighted by Gasteiger charge is -2.18. The molecule has 0 spiro atoms. The third kappa shape index (κ3) is 6.57. The van der Waals surface area contributed by atoms with Gasteiger partial charge < -0.3 is 15.0 Å². The van der Waals surface area contributed by atoms with E-state index in [0.29, 0.717) is 18.2 Å². The summed E-state index contributed by atoms with van der Waals surface area (Å²) in [7, 11) is 1.62. The molecule has 7 heteroatoms. The van der Waals surface area contributed by atoms with Gasteiger partial charge in [-0.3, -0.25) is 0 Å². The lowest BCUT2D eigenvalue weighted by atomic mass is 10.1. The number of amides is 2. The number of nitrogens with zero attached hydrogens (tertiary/aromatic N) is 1. The predicted molar refractivity (Wildman–Crippen MR) is 89.1 cm³/mol. The molecule has 0 aromatic heterocycles. The van der Waals surface area contributed by atoms with Gasteiger partial charge in [-0.25, -0.2) is 4.79 Å². The highest BCUT2D eigenvalue weighted by Crippen LogP contribution is 2.29. The Labute approximate surface area is 146 Å². The number of carbonyl (C=O) groups is 1. The van der Waals surface area contributed by atoms with Crippen LogP contribution in [0.15, 0.2) is 24.3 Å². The minimum atomic E-state index is -4.34. The van der Waals surface area contributed by atoms with E-state index in [1.165, 1.54) is 17.0 Å². The predicted octanol–water partition coefficient (Wildman–Crippen LogP) is 4.20. The molecule has 0 saturated carbocycles. The summed E-state index contributed by atoms with van der Waals surface area (Å²) in [5.41, 5.74) is -0.0290. The fraction of sp³-hybridized carbons (Fsp3) is 0.611. The van der Waals surface area contributed by atoms with Gasteiger partial charge in [-0.2, -0.15) is 13.2 Å². The average molecular weight is 358 g/mol. The zero-order chi connectivity index (χ0) is 18.3. The summed E-state index contributed by atoms with van der Waals surface area (Å²) in [5.74, 6) is 0. The molecular weight excluding hydrogens is 333 g/mol. The molecule has 1 unspecified atom stereocenters. The Morgan fingerprint density at radius 1 is 1.28 bits per heavy atom. The van der Waals surface area contributed by atoms with Crippen LogP contribution < -0.4 is 5.32 Å². The number of rotatable bonds is 7. The molecule has 1 saturated heterocycles. The van der Waals surface area contributed by atoms with Crippen molar-refractivity contribution in [3.05, 3.63) is 35.4 Å². The highest BCUT2D eigenvalue weighted by Gasteiger charge is 2.29. The van der Waals surface area contributed by atoms with Gasteiger partial charge in [0.05, 0.1) is 11.7 Å². The molecule has 0 bridgehead atoms. The fourth-order valence-corrected chi connectivity index (χ4v) is 2.84. The van der Waals surface area contributed by atoms with Gasteiger partial charge in [0, 0.05) is 26.7 Å². The molecular formula is C18H25F3N2O2. The van der Waals surface area contributed by atoms with Crippen molar-refractivity contribution in [1.29, 1.82) is 0 Å². The van der Waals surface area contributed by atoms with E-state index in [4.69, 9.17) is 4.74 Å². The average Bonchev–Trinajstić information content (AvgIpc) is 3.07. The van der Waals surface area contributed by atoms with Crippen LogP contribution in [0, 0.1) is 0 Å². The molecule has 1 aliphatic heterocycles. The lowest BCUT2D eigenvalue weighted by molar-refractivity contribution is -0.137. The molecule has 0 aliphatic carbocycles. The first-order valence-corrected chi connectivity index (χ1v) is 8.63. The molecule has 1 aliphatic rings. The molecule has 1 aromatic carbocycles. The zero-order valence-electron chi connectivity index (χ0n) is 14.4. The maximum absolute atomic E-state index is 12.5. The van der Waals surface area contributed by atoms with Crippen LogP contribution in [-0.4, -0.2) is 37.2 Å². The minimum Gasteiger partial charge on any atom is -0.378 e. The van der Waals surface area contributed by atoms with Crippen molar-refractivity contribution >= 4 is 6.03 Å². The van der Waals surface area contributed by atoms with Crippen molar-refractivity contribution in [2.75, 3.05) is 20.2 Å². The molecule has 1 fully saturated rings. The molecule has 140 valence electrons. The van der Waals surface area contributed by atoms with Gasteiger partial charge in [0.2, 0.25) is 0 Å². The van der Waals surface area contributed by atoms with E-state index in [0.717, 1.165) is 50.8 Å². The number of hydrogen-bond donors (Lipinski definition) is 1. The van der Waals surface area contributed by atoms with Gasteiger partial charge in [0.15, 0.2) is 0 Å². The Kier molecular flexibility index (Phi) is 7.11. The van der Waals surface area contributed by atoms with Crippen LogP contribution in [0.4, 0.5) is 18.0 Å². The van der Waals surface area contributed by atoms with E-state index < -0.39 is 11.7 Å². The van der Waals surface area contributed by atoms with Gasteiger partial charge in [0.25, 0.3) is 0 Å². The monoisotopic (exact) mass is 358 g/mol. The molecule has 4 nitrogen and oxygen atoms in total. The van der Waals surface area contributed by atoms with Gasteiger partial charge in [-0.1, -0.05) is 12.1 Å². The number of hydrogen-bond acceptors (Lipinski definition) is 2. The summed E-state index contributed by atoms with van der Waals surface area (Å²) in [6, 6.07) is 4.64. The van der Waals surface area contributed by atoms with Gasteiger partial charge in [0.1, 0.15) is 0 Å². The zero-order valence-corrected chi connectivity index (χ0v) is 14.4. The molecule has 25 heavy (non-hydrogen) atoms. The Morgan fingerprint density at radius 3 is 2.60 bits per heavy atom. The first-order valence-electron chi connectivity index (χ1n) is 8.63. The summed E-state index contributed by atoms with van der Waals surface area (Å²) < 4.78 is 43.1. The van der Waals surface area contributed by atoms with Crippen LogP contribution in [-0.2, 0) is 17.5 Å². The number of nitrogens with one attached hydrogen (secondary N) is 1. The second-order valence-electron chi connectivity index (χ2n) is 6.41. The highest BCUT2D eigenvalue weighted by molar-refractivity contribution is 5.73. The first kappa shape index (κ1) is 19.6. The standard InChI is InChI=1S/C18H25F3N2O2/c1-23(13-14-7-9-15(10-8-14)18(19,20)21)17(24)22-11-3-2-5-16-6-4-12-25-16/h7-10,16H,2-6,11-13H2,1H3,(H,22,24). The second-order valence-corrected chi connectivity index (χ2v) is 6.41. The normalized spacial score (nSPS) is 17.5. The summed E-state index contributed by atoms with van der Waals surface area (Å²) in [4.78, 5) is 13.5. The number of alkyl halides is 3. The highest BCUT2D eigenvalue weighted by atomic mass is 19.4. The Balaban J connectivity index is 1.65. The summed E-state index contributed by atoms with van der Waals surface area (Å²) in [5, 5.41) is 2.83. The Bertz CT molecular complexity index is 540. The van der Waals surface area contributed by atoms with E-state index in [-0.39, 0.29) is 12.6 Å². The molecule has 0 radical (unpaired) electrons. The number of unbranched alkanes of at least 4 members (excludes halogenated alkanes) is 1. The van der Waals surface area contributed by atoms with E-state index in [2.05, 4.69) is 5.32 Å². The third-order valence-electron chi connectivity index (χ3n) is 4.30. The number of carbonyl (C=O) groups excluding carboxylic acids is 1. The lowest BCUT2D eigenvalue weighted by Crippen LogP contribution is -2.37. The fourth-order valence-electron chi connectivity index (χ4n) is 2.84. The summed E-state index contributed by atoms with van der Waals surface area (Å²) in [6.45, 7) is 1.71. The van der Waals surface area contributed by atoms with Gasteiger partial charge in [-0.15, -0.1) is 0 Å². The van der Waals surface area contributed by atoms with Crippen LogP contribution in [0.25, 0.3) is 0 Å². The number of urea groups is 1. The van der Waals surface area contributed by atoms with Crippen molar-refractivity contribution in [2.24, 2.45) is 0 Å². The second kappa shape index (κ2) is 9.08. The third-order valence-corrected chi connectivity index (χ3v) is 4.30. The Hall–Kier alpha value is -1.76. The smallest absolute Gasteiger partial charge is 0.378 e. The van der Waals surface area contributed by atoms with Crippen LogP contribution in [0.3, 0.4) is 0 Å². The van der Waals surface area contributed by atoms with Crippen LogP contribution in [0.5, 0.6) is 0 Å². The van der Waals surface area contributed by atoms with Crippen LogP contribution in [0.1, 0.15) is 43.2 Å². The number of halogens is 3. The first-order chi connectivity index (χ1) is 11.9. The summed E-state index contributed by atoms with van der Waals surface area (Å²) in [6.07, 6.45) is 1.21. The molecule has 1 N–H and O–H groups in total. The molecule has 1 heterocycles. The van der Waals surface area contributed by atoms with Crippen LogP contribution in [0.2, 0.25) is 0 Å². The van der Waals surface area contributed by atoms with E-state index in [1.807, 2.05) is 0 Å². The molecule has 1 aromatic rings. The van der Waals surface area contributed by atoms with Gasteiger partial charge >= 0.3 is 12.2 Å². The SMILES string of the molecule is CN(Cc1ccc(C(F)(F)F)cc1)C(=O)NCCCCC1CCCO1. The number of benzene rings is 1.